The summed E-state index contributed by atoms with van der Waals surface area (Å²) in [6, 6.07) is 9.37. The molecule has 28 heavy (non-hydrogen) atoms. The molecule has 2 heterocycles. The van der Waals surface area contributed by atoms with E-state index in [-0.39, 0.29) is 36.0 Å². The van der Waals surface area contributed by atoms with Crippen LogP contribution >= 0.6 is 11.8 Å². The van der Waals surface area contributed by atoms with Crippen molar-refractivity contribution in [2.45, 2.75) is 49.4 Å². The van der Waals surface area contributed by atoms with Gasteiger partial charge in [-0.15, -0.1) is 11.8 Å². The number of amides is 1. The quantitative estimate of drug-likeness (QED) is 0.848. The summed E-state index contributed by atoms with van der Waals surface area (Å²) in [5.74, 6) is -1.31. The third kappa shape index (κ3) is 3.17. The Morgan fingerprint density at radius 1 is 1.07 bits per heavy atom. The number of rotatable bonds is 3. The summed E-state index contributed by atoms with van der Waals surface area (Å²) in [5.41, 5.74) is 1.11. The summed E-state index contributed by atoms with van der Waals surface area (Å²) in [5, 5.41) is 2.33. The summed E-state index contributed by atoms with van der Waals surface area (Å²) in [4.78, 5) is 42.8. The van der Waals surface area contributed by atoms with Gasteiger partial charge in [-0.25, -0.2) is 0 Å². The van der Waals surface area contributed by atoms with E-state index in [0.29, 0.717) is 6.42 Å². The molecule has 2 fully saturated rings. The lowest BCUT2D eigenvalue weighted by atomic mass is 9.64. The van der Waals surface area contributed by atoms with Crippen LogP contribution in [0.3, 0.4) is 0 Å². The molecule has 1 saturated carbocycles. The fourth-order valence-corrected chi connectivity index (χ4v) is 6.07. The molecule has 5 unspecified atom stereocenters. The molecule has 1 aromatic rings. The molecule has 6 heteroatoms. The molecule has 5 nitrogen and oxygen atoms in total. The Balaban J connectivity index is 1.70. The third-order valence-corrected chi connectivity index (χ3v) is 7.39. The zero-order chi connectivity index (χ0) is 20.0. The molecule has 0 spiro atoms. The summed E-state index contributed by atoms with van der Waals surface area (Å²) in [7, 11) is 0. The number of fused-ring (bicyclic) bond motifs is 2. The largest absolute Gasteiger partial charge is 0.364 e. The van der Waals surface area contributed by atoms with Crippen LogP contribution < -0.4 is 5.32 Å². The molecule has 1 aromatic carbocycles. The van der Waals surface area contributed by atoms with E-state index in [4.69, 9.17) is 0 Å². The topological polar surface area (TPSA) is 66.5 Å². The van der Waals surface area contributed by atoms with Crippen LogP contribution in [-0.4, -0.2) is 46.3 Å². The van der Waals surface area contributed by atoms with Crippen molar-refractivity contribution >= 4 is 29.2 Å². The molecule has 0 bridgehead atoms. The van der Waals surface area contributed by atoms with Gasteiger partial charge < -0.3 is 10.2 Å². The number of carbonyl (C=O) groups is 3. The smallest absolute Gasteiger partial charge is 0.234 e. The number of ketones is 2. The standard InChI is InChI=1S/C22H26N2O3S/c1-12(2)24-11-13(3)9-15-18(24)20(26)16-10-23-22(27)21(17(16)19(15)25)28-14-7-5-4-6-8-14/h4-8,11-12,15-18,21H,9-10H2,1-3H3,(H,23,27). The highest BCUT2D eigenvalue weighted by Crippen LogP contribution is 2.44. The molecule has 0 aromatic heterocycles. The summed E-state index contributed by atoms with van der Waals surface area (Å²) < 4.78 is 0. The molecular weight excluding hydrogens is 372 g/mol. The van der Waals surface area contributed by atoms with Gasteiger partial charge in [0.25, 0.3) is 0 Å². The van der Waals surface area contributed by atoms with Crippen LogP contribution in [-0.2, 0) is 14.4 Å². The Hall–Kier alpha value is -2.08. The molecule has 1 N–H and O–H groups in total. The second-order valence-corrected chi connectivity index (χ2v) is 9.52. The first-order valence-corrected chi connectivity index (χ1v) is 10.8. The average Bonchev–Trinajstić information content (AvgIpc) is 2.67. The summed E-state index contributed by atoms with van der Waals surface area (Å²) in [6.45, 7) is 6.37. The Morgan fingerprint density at radius 2 is 1.79 bits per heavy atom. The zero-order valence-electron chi connectivity index (χ0n) is 16.4. The van der Waals surface area contributed by atoms with Crippen molar-refractivity contribution < 1.29 is 14.4 Å². The van der Waals surface area contributed by atoms with Crippen LogP contribution in [0.5, 0.6) is 0 Å². The third-order valence-electron chi connectivity index (χ3n) is 6.08. The van der Waals surface area contributed by atoms with Crippen molar-refractivity contribution in [3.05, 3.63) is 42.1 Å². The van der Waals surface area contributed by atoms with Gasteiger partial charge in [-0.2, -0.15) is 0 Å². The zero-order valence-corrected chi connectivity index (χ0v) is 17.2. The average molecular weight is 399 g/mol. The lowest BCUT2D eigenvalue weighted by molar-refractivity contribution is -0.152. The fraction of sp³-hybridized carbons (Fsp3) is 0.500. The molecule has 4 rings (SSSR count). The number of piperidine rings is 1. The maximum Gasteiger partial charge on any atom is 0.234 e. The van der Waals surface area contributed by atoms with Gasteiger partial charge in [-0.3, -0.25) is 14.4 Å². The number of benzene rings is 1. The van der Waals surface area contributed by atoms with Crippen LogP contribution in [0.2, 0.25) is 0 Å². The Morgan fingerprint density at radius 3 is 2.46 bits per heavy atom. The first-order chi connectivity index (χ1) is 13.4. The van der Waals surface area contributed by atoms with Crippen LogP contribution in [0.4, 0.5) is 0 Å². The van der Waals surface area contributed by atoms with Gasteiger partial charge in [0.1, 0.15) is 5.78 Å². The number of allylic oxidation sites excluding steroid dienone is 1. The Labute approximate surface area is 169 Å². The number of thioether (sulfide) groups is 1. The normalized spacial score (nSPS) is 32.6. The highest BCUT2D eigenvalue weighted by atomic mass is 32.2. The number of nitrogens with one attached hydrogen (secondary N) is 1. The minimum absolute atomic E-state index is 0.0796. The van der Waals surface area contributed by atoms with E-state index in [1.807, 2.05) is 57.3 Å². The van der Waals surface area contributed by atoms with E-state index in [9.17, 15) is 14.4 Å². The van der Waals surface area contributed by atoms with Gasteiger partial charge in [0.2, 0.25) is 5.91 Å². The van der Waals surface area contributed by atoms with Gasteiger partial charge in [-0.1, -0.05) is 23.8 Å². The molecule has 1 saturated heterocycles. The molecule has 5 atom stereocenters. The van der Waals surface area contributed by atoms with E-state index in [1.54, 1.807) is 0 Å². The lowest BCUT2D eigenvalue weighted by Crippen LogP contribution is -2.66. The molecule has 3 aliphatic rings. The summed E-state index contributed by atoms with van der Waals surface area (Å²) in [6.07, 6.45) is 2.64. The second-order valence-electron chi connectivity index (χ2n) is 8.31. The van der Waals surface area contributed by atoms with E-state index >= 15 is 0 Å². The van der Waals surface area contributed by atoms with Crippen molar-refractivity contribution in [1.29, 1.82) is 0 Å². The first kappa shape index (κ1) is 19.2. The predicted molar refractivity (Wildman–Crippen MR) is 109 cm³/mol. The number of hydrogen-bond acceptors (Lipinski definition) is 5. The lowest BCUT2D eigenvalue weighted by Gasteiger charge is -2.50. The van der Waals surface area contributed by atoms with Crippen LogP contribution in [0, 0.1) is 17.8 Å². The summed E-state index contributed by atoms with van der Waals surface area (Å²) >= 11 is 1.40. The first-order valence-electron chi connectivity index (χ1n) is 9.90. The predicted octanol–water partition coefficient (Wildman–Crippen LogP) is 2.66. The molecule has 0 radical (unpaired) electrons. The van der Waals surface area contributed by atoms with E-state index in [2.05, 4.69) is 10.2 Å². The van der Waals surface area contributed by atoms with Crippen LogP contribution in [0.25, 0.3) is 0 Å². The van der Waals surface area contributed by atoms with Crippen molar-refractivity contribution in [1.82, 2.24) is 10.2 Å². The van der Waals surface area contributed by atoms with Gasteiger partial charge in [-0.05, 0) is 45.5 Å². The minimum Gasteiger partial charge on any atom is -0.364 e. The maximum absolute atomic E-state index is 13.6. The molecule has 148 valence electrons. The van der Waals surface area contributed by atoms with Crippen LogP contribution in [0.15, 0.2) is 47.0 Å². The number of carbonyl (C=O) groups excluding carboxylic acids is 3. The van der Waals surface area contributed by atoms with Gasteiger partial charge in [0.05, 0.1) is 17.2 Å². The SMILES string of the molecule is CC1=CN(C(C)C)C2C(=O)C3CNC(=O)C(Sc4ccccc4)C3C(=O)C2C1. The Bertz CT molecular complexity index is 835. The highest BCUT2D eigenvalue weighted by Gasteiger charge is 2.57. The maximum atomic E-state index is 13.6. The fourth-order valence-electron chi connectivity index (χ4n) is 4.80. The van der Waals surface area contributed by atoms with E-state index < -0.39 is 23.1 Å². The minimum atomic E-state index is -0.558. The Kier molecular flexibility index (Phi) is 5.08. The highest BCUT2D eigenvalue weighted by molar-refractivity contribution is 8.00. The number of hydrogen-bond donors (Lipinski definition) is 1. The van der Waals surface area contributed by atoms with Crippen LogP contribution in [0.1, 0.15) is 27.2 Å². The molecular formula is C22H26N2O3S. The van der Waals surface area contributed by atoms with Crippen molar-refractivity contribution in [3.63, 3.8) is 0 Å². The monoisotopic (exact) mass is 398 g/mol. The van der Waals surface area contributed by atoms with Gasteiger partial charge in [0, 0.05) is 29.3 Å². The van der Waals surface area contributed by atoms with Gasteiger partial charge in [0.15, 0.2) is 5.78 Å². The van der Waals surface area contributed by atoms with Crippen molar-refractivity contribution in [3.8, 4) is 0 Å². The molecule has 2 aliphatic heterocycles. The van der Waals surface area contributed by atoms with Crippen molar-refractivity contribution in [2.24, 2.45) is 17.8 Å². The van der Waals surface area contributed by atoms with Gasteiger partial charge >= 0.3 is 0 Å². The van der Waals surface area contributed by atoms with Crippen molar-refractivity contribution in [2.75, 3.05) is 6.54 Å². The number of nitrogens with zero attached hydrogens (tertiary/aromatic N) is 1. The van der Waals surface area contributed by atoms with E-state index in [0.717, 1.165) is 10.5 Å². The van der Waals surface area contributed by atoms with E-state index in [1.165, 1.54) is 11.8 Å². The second kappa shape index (κ2) is 7.39. The molecule has 1 amide bonds. The molecule has 1 aliphatic carbocycles. The number of Topliss-reactive ketones (excluding diaryl/α,β-unsaturated/α-hetero) is 2.